The molecule has 0 bridgehead atoms. The van der Waals surface area contributed by atoms with Crippen molar-refractivity contribution in [2.45, 2.75) is 0 Å². The van der Waals surface area contributed by atoms with Gasteiger partial charge >= 0.3 is 5.69 Å². The third-order valence-electron chi connectivity index (χ3n) is 3.73. The van der Waals surface area contributed by atoms with Crippen LogP contribution in [0.5, 0.6) is 0 Å². The van der Waals surface area contributed by atoms with E-state index >= 15 is 0 Å². The second-order valence-corrected chi connectivity index (χ2v) is 6.00. The Bertz CT molecular complexity index is 1180. The highest BCUT2D eigenvalue weighted by atomic mass is 32.1. The number of halogens is 1. The highest BCUT2D eigenvalue weighted by Gasteiger charge is 2.17. The lowest BCUT2D eigenvalue weighted by molar-refractivity contribution is -0.386. The predicted molar refractivity (Wildman–Crippen MR) is 89.8 cm³/mol. The smallest absolute Gasteiger partial charge is 0.334 e. The van der Waals surface area contributed by atoms with Crippen molar-refractivity contribution in [3.63, 3.8) is 0 Å². The normalized spacial score (nSPS) is 11.2. The fourth-order valence-electron chi connectivity index (χ4n) is 2.59. The summed E-state index contributed by atoms with van der Waals surface area (Å²) in [5, 5.41) is 13.4. The SMILES string of the molecule is O=c1c([N+](=O)[O-])c[nH]c2ccc(-c3csc4c(F)cccc34)nc12. The lowest BCUT2D eigenvalue weighted by atomic mass is 10.1. The van der Waals surface area contributed by atoms with Crippen LogP contribution in [0.4, 0.5) is 10.1 Å². The molecule has 0 aliphatic heterocycles. The van der Waals surface area contributed by atoms with Crippen LogP contribution in [0.2, 0.25) is 0 Å². The minimum atomic E-state index is -0.749. The zero-order chi connectivity index (χ0) is 16.8. The van der Waals surface area contributed by atoms with E-state index in [1.165, 1.54) is 17.4 Å². The van der Waals surface area contributed by atoms with E-state index in [1.54, 1.807) is 29.6 Å². The third-order valence-corrected chi connectivity index (χ3v) is 4.74. The molecule has 6 nitrogen and oxygen atoms in total. The van der Waals surface area contributed by atoms with Crippen molar-refractivity contribution in [3.8, 4) is 11.3 Å². The molecule has 1 N–H and O–H groups in total. The van der Waals surface area contributed by atoms with Crippen molar-refractivity contribution in [2.24, 2.45) is 0 Å². The molecule has 0 unspecified atom stereocenters. The standard InChI is InChI=1S/C16H8FN3O3S/c17-10-3-1-2-8-9(7-24-16(8)10)11-4-5-12-14(19-11)15(21)13(6-18-12)20(22)23/h1-7H,(H,18,21). The number of H-pyrrole nitrogens is 1. The van der Waals surface area contributed by atoms with Gasteiger partial charge in [0.05, 0.1) is 27.0 Å². The third kappa shape index (κ3) is 2.08. The molecule has 0 aliphatic carbocycles. The number of nitrogens with zero attached hydrogens (tertiary/aromatic N) is 2. The van der Waals surface area contributed by atoms with Gasteiger partial charge in [-0.05, 0) is 18.2 Å². The highest BCUT2D eigenvalue weighted by Crippen LogP contribution is 2.34. The molecule has 4 aromatic rings. The van der Waals surface area contributed by atoms with Gasteiger partial charge in [0.1, 0.15) is 11.3 Å². The molecule has 0 saturated carbocycles. The lowest BCUT2D eigenvalue weighted by Crippen LogP contribution is -2.10. The molecule has 118 valence electrons. The molecule has 0 fully saturated rings. The molecule has 24 heavy (non-hydrogen) atoms. The monoisotopic (exact) mass is 341 g/mol. The van der Waals surface area contributed by atoms with E-state index in [2.05, 4.69) is 9.97 Å². The van der Waals surface area contributed by atoms with Crippen molar-refractivity contribution < 1.29 is 9.31 Å². The first kappa shape index (κ1) is 14.5. The summed E-state index contributed by atoms with van der Waals surface area (Å²) in [6, 6.07) is 8.08. The number of rotatable bonds is 2. The number of hydrogen-bond donors (Lipinski definition) is 1. The fraction of sp³-hybridized carbons (Fsp3) is 0. The quantitative estimate of drug-likeness (QED) is 0.443. The number of aromatic amines is 1. The topological polar surface area (TPSA) is 88.9 Å². The maximum Gasteiger partial charge on any atom is 0.334 e. The number of aromatic nitrogens is 2. The highest BCUT2D eigenvalue weighted by molar-refractivity contribution is 7.17. The maximum atomic E-state index is 13.8. The Balaban J connectivity index is 2.00. The van der Waals surface area contributed by atoms with Crippen molar-refractivity contribution in [1.29, 1.82) is 0 Å². The van der Waals surface area contributed by atoms with Crippen molar-refractivity contribution >= 4 is 38.1 Å². The van der Waals surface area contributed by atoms with Gasteiger partial charge in [0.25, 0.3) is 5.43 Å². The average molecular weight is 341 g/mol. The van der Waals surface area contributed by atoms with E-state index < -0.39 is 16.0 Å². The van der Waals surface area contributed by atoms with E-state index in [9.17, 15) is 19.3 Å². The number of benzene rings is 1. The zero-order valence-electron chi connectivity index (χ0n) is 11.9. The van der Waals surface area contributed by atoms with Gasteiger partial charge < -0.3 is 4.98 Å². The van der Waals surface area contributed by atoms with E-state index in [4.69, 9.17) is 0 Å². The van der Waals surface area contributed by atoms with E-state index in [0.717, 1.165) is 6.20 Å². The summed E-state index contributed by atoms with van der Waals surface area (Å²) in [5.74, 6) is -0.321. The summed E-state index contributed by atoms with van der Waals surface area (Å²) >= 11 is 1.24. The van der Waals surface area contributed by atoms with Gasteiger partial charge in [-0.25, -0.2) is 9.37 Å². The molecule has 0 amide bonds. The molecule has 3 aromatic heterocycles. The van der Waals surface area contributed by atoms with Crippen molar-refractivity contribution in [3.05, 3.63) is 68.1 Å². The molecule has 8 heteroatoms. The molecule has 0 saturated heterocycles. The van der Waals surface area contributed by atoms with Gasteiger partial charge in [-0.1, -0.05) is 12.1 Å². The molecular weight excluding hydrogens is 333 g/mol. The predicted octanol–water partition coefficient (Wildman–Crippen LogP) is 3.85. The number of nitro groups is 1. The van der Waals surface area contributed by atoms with Crippen LogP contribution in [0.3, 0.4) is 0 Å². The number of nitrogens with one attached hydrogen (secondary N) is 1. The molecule has 0 atom stereocenters. The first-order valence-corrected chi connectivity index (χ1v) is 7.77. The number of pyridine rings is 2. The summed E-state index contributed by atoms with van der Waals surface area (Å²) < 4.78 is 14.3. The maximum absolute atomic E-state index is 13.8. The van der Waals surface area contributed by atoms with Crippen LogP contribution >= 0.6 is 11.3 Å². The minimum absolute atomic E-state index is 0.0162. The molecule has 4 rings (SSSR count). The Morgan fingerprint density at radius 2 is 2.08 bits per heavy atom. The van der Waals surface area contributed by atoms with Crippen LogP contribution in [0.15, 0.2) is 46.7 Å². The average Bonchev–Trinajstić information content (AvgIpc) is 3.00. The summed E-state index contributed by atoms with van der Waals surface area (Å²) in [5.41, 5.74) is 0.222. The van der Waals surface area contributed by atoms with Gasteiger partial charge in [0.2, 0.25) is 0 Å². The summed E-state index contributed by atoms with van der Waals surface area (Å²) in [6.45, 7) is 0. The number of fused-ring (bicyclic) bond motifs is 2. The Kier molecular flexibility index (Phi) is 3.14. The Morgan fingerprint density at radius 1 is 1.25 bits per heavy atom. The van der Waals surface area contributed by atoms with E-state index in [-0.39, 0.29) is 11.3 Å². The van der Waals surface area contributed by atoms with Gasteiger partial charge in [0.15, 0.2) is 0 Å². The minimum Gasteiger partial charge on any atom is -0.354 e. The van der Waals surface area contributed by atoms with Crippen molar-refractivity contribution in [1.82, 2.24) is 9.97 Å². The van der Waals surface area contributed by atoms with Crippen molar-refractivity contribution in [2.75, 3.05) is 0 Å². The Hall–Kier alpha value is -3.13. The lowest BCUT2D eigenvalue weighted by Gasteiger charge is -2.02. The second-order valence-electron chi connectivity index (χ2n) is 5.12. The molecule has 1 aromatic carbocycles. The number of hydrogen-bond acceptors (Lipinski definition) is 5. The summed E-state index contributed by atoms with van der Waals surface area (Å²) in [6.07, 6.45) is 1.06. The molecule has 0 aliphatic rings. The van der Waals surface area contributed by atoms with Crippen LogP contribution in [-0.2, 0) is 0 Å². The Labute approximate surface area is 137 Å². The molecule has 0 spiro atoms. The van der Waals surface area contributed by atoms with Crippen LogP contribution < -0.4 is 5.43 Å². The number of thiophene rings is 1. The zero-order valence-corrected chi connectivity index (χ0v) is 12.8. The largest absolute Gasteiger partial charge is 0.354 e. The van der Waals surface area contributed by atoms with Gasteiger partial charge in [0, 0.05) is 16.3 Å². The van der Waals surface area contributed by atoms with Gasteiger partial charge in [-0.3, -0.25) is 14.9 Å². The van der Waals surface area contributed by atoms with Crippen LogP contribution in [-0.4, -0.2) is 14.9 Å². The summed E-state index contributed by atoms with van der Waals surface area (Å²) in [4.78, 5) is 29.4. The van der Waals surface area contributed by atoms with E-state index in [1.807, 2.05) is 0 Å². The molecule has 0 radical (unpaired) electrons. The first-order valence-electron chi connectivity index (χ1n) is 6.89. The molecular formula is C16H8FN3O3S. The van der Waals surface area contributed by atoms with E-state index in [0.29, 0.717) is 26.9 Å². The van der Waals surface area contributed by atoms with Crippen LogP contribution in [0.25, 0.3) is 32.4 Å². The van der Waals surface area contributed by atoms with Crippen LogP contribution in [0, 0.1) is 15.9 Å². The molecule has 3 heterocycles. The van der Waals surface area contributed by atoms with Gasteiger partial charge in [-0.15, -0.1) is 11.3 Å². The summed E-state index contributed by atoms with van der Waals surface area (Å²) in [7, 11) is 0. The Morgan fingerprint density at radius 3 is 2.88 bits per heavy atom. The second kappa shape index (κ2) is 5.20. The fourth-order valence-corrected chi connectivity index (χ4v) is 3.56. The van der Waals surface area contributed by atoms with Crippen LogP contribution in [0.1, 0.15) is 0 Å². The first-order chi connectivity index (χ1) is 11.6. The van der Waals surface area contributed by atoms with Gasteiger partial charge in [-0.2, -0.15) is 0 Å².